The average molecular weight is 202 g/mol. The Hall–Kier alpha value is -1.23. The van der Waals surface area contributed by atoms with Gasteiger partial charge in [0.15, 0.2) is 5.88 Å². The summed E-state index contributed by atoms with van der Waals surface area (Å²) < 4.78 is 5.30. The minimum Gasteiger partial charge on any atom is -0.480 e. The van der Waals surface area contributed by atoms with Gasteiger partial charge in [0.25, 0.3) is 0 Å². The number of rotatable bonds is 5. The van der Waals surface area contributed by atoms with Crippen molar-refractivity contribution in [3.05, 3.63) is 12.5 Å². The molecule has 82 valence electrons. The van der Waals surface area contributed by atoms with Crippen LogP contribution in [0.5, 0.6) is 0 Å². The molecule has 14 heavy (non-hydrogen) atoms. The van der Waals surface area contributed by atoms with Gasteiger partial charge >= 0.3 is 5.97 Å². The predicted octanol–water partition coefficient (Wildman–Crippen LogP) is 0.274. The van der Waals surface area contributed by atoms with Gasteiger partial charge in [-0.25, -0.2) is 4.79 Å². The Balaban J connectivity index is 4.11. The molecule has 0 radical (unpaired) electrons. The van der Waals surface area contributed by atoms with Gasteiger partial charge in [0.1, 0.15) is 11.6 Å². The Morgan fingerprint density at radius 1 is 1.64 bits per heavy atom. The summed E-state index contributed by atoms with van der Waals surface area (Å²) in [6.07, 6.45) is 0. The lowest BCUT2D eigenvalue weighted by Gasteiger charge is -2.25. The van der Waals surface area contributed by atoms with E-state index in [0.717, 1.165) is 0 Å². The molecule has 0 aliphatic rings. The van der Waals surface area contributed by atoms with E-state index in [1.807, 2.05) is 20.8 Å². The monoisotopic (exact) mass is 202 g/mol. The Morgan fingerprint density at radius 2 is 2.14 bits per heavy atom. The number of ether oxygens (including phenoxy) is 1. The van der Waals surface area contributed by atoms with Gasteiger partial charge in [-0.3, -0.25) is 0 Å². The van der Waals surface area contributed by atoms with E-state index in [1.54, 1.807) is 0 Å². The van der Waals surface area contributed by atoms with Crippen LogP contribution in [0.25, 0.3) is 0 Å². The molecule has 0 amide bonds. The molecular weight excluding hydrogens is 184 g/mol. The minimum atomic E-state index is -1.02. The third kappa shape index (κ3) is 5.42. The second-order valence-corrected chi connectivity index (χ2v) is 3.91. The third-order valence-corrected chi connectivity index (χ3v) is 1.30. The van der Waals surface area contributed by atoms with Crippen LogP contribution in [0.1, 0.15) is 20.8 Å². The molecule has 4 N–H and O–H groups in total. The predicted molar refractivity (Wildman–Crippen MR) is 53.6 cm³/mol. The fourth-order valence-electron chi connectivity index (χ4n) is 0.815. The molecule has 0 fully saturated rings. The molecule has 5 nitrogen and oxygen atoms in total. The van der Waals surface area contributed by atoms with Crippen molar-refractivity contribution >= 4 is 5.97 Å². The smallest absolute Gasteiger partial charge is 0.327 e. The van der Waals surface area contributed by atoms with Crippen LogP contribution in [-0.4, -0.2) is 29.3 Å². The van der Waals surface area contributed by atoms with Crippen LogP contribution in [0.15, 0.2) is 12.5 Å². The quantitative estimate of drug-likeness (QED) is 0.557. The van der Waals surface area contributed by atoms with Crippen molar-refractivity contribution in [3.63, 3.8) is 0 Å². The van der Waals surface area contributed by atoms with Crippen molar-refractivity contribution in [1.82, 2.24) is 5.32 Å². The van der Waals surface area contributed by atoms with Crippen molar-refractivity contribution in [1.29, 1.82) is 0 Å². The van der Waals surface area contributed by atoms with E-state index in [2.05, 4.69) is 11.9 Å². The molecular formula is C9H18N2O3. The highest BCUT2D eigenvalue weighted by molar-refractivity contribution is 5.73. The molecule has 1 atom stereocenters. The van der Waals surface area contributed by atoms with E-state index in [4.69, 9.17) is 15.6 Å². The van der Waals surface area contributed by atoms with Gasteiger partial charge in [0, 0.05) is 6.54 Å². The highest BCUT2D eigenvalue weighted by Crippen LogP contribution is 2.10. The Bertz CT molecular complexity index is 221. The number of carboxylic acids is 1. The number of hydrogen-bond donors (Lipinski definition) is 3. The fraction of sp³-hybridized carbons (Fsp3) is 0.667. The first kappa shape index (κ1) is 12.8. The summed E-state index contributed by atoms with van der Waals surface area (Å²) >= 11 is 0. The van der Waals surface area contributed by atoms with E-state index < -0.39 is 17.6 Å². The molecule has 0 unspecified atom stereocenters. The number of carbonyl (C=O) groups is 1. The summed E-state index contributed by atoms with van der Waals surface area (Å²) in [6, 6.07) is -0.857. The molecule has 0 saturated heterocycles. The molecule has 0 heterocycles. The van der Waals surface area contributed by atoms with E-state index in [-0.39, 0.29) is 12.4 Å². The highest BCUT2D eigenvalue weighted by atomic mass is 16.5. The van der Waals surface area contributed by atoms with Crippen LogP contribution in [0.4, 0.5) is 0 Å². The first-order chi connectivity index (χ1) is 6.26. The lowest BCUT2D eigenvalue weighted by Crippen LogP contribution is -2.43. The van der Waals surface area contributed by atoms with Crippen molar-refractivity contribution in [2.75, 3.05) is 6.54 Å². The Labute approximate surface area is 83.9 Å². The first-order valence-corrected chi connectivity index (χ1v) is 4.33. The normalized spacial score (nSPS) is 13.1. The van der Waals surface area contributed by atoms with Gasteiger partial charge in [-0.1, -0.05) is 0 Å². The third-order valence-electron chi connectivity index (χ3n) is 1.30. The molecule has 0 aliphatic carbocycles. The van der Waals surface area contributed by atoms with Crippen molar-refractivity contribution < 1.29 is 14.6 Å². The van der Waals surface area contributed by atoms with E-state index in [0.29, 0.717) is 0 Å². The fourth-order valence-corrected chi connectivity index (χ4v) is 0.815. The molecule has 0 aromatic heterocycles. The van der Waals surface area contributed by atoms with Gasteiger partial charge in [-0.2, -0.15) is 0 Å². The van der Waals surface area contributed by atoms with Gasteiger partial charge in [-0.05, 0) is 27.4 Å². The molecule has 0 rings (SSSR count). The van der Waals surface area contributed by atoms with Crippen molar-refractivity contribution in [2.45, 2.75) is 32.4 Å². The number of aliphatic carboxylic acids is 1. The maximum Gasteiger partial charge on any atom is 0.327 e. The molecule has 0 aromatic carbocycles. The van der Waals surface area contributed by atoms with Crippen LogP contribution >= 0.6 is 0 Å². The highest BCUT2D eigenvalue weighted by Gasteiger charge is 2.18. The second kappa shape index (κ2) is 4.85. The largest absolute Gasteiger partial charge is 0.480 e. The Morgan fingerprint density at radius 3 is 2.43 bits per heavy atom. The maximum atomic E-state index is 10.6. The molecule has 5 heteroatoms. The van der Waals surface area contributed by atoms with Crippen molar-refractivity contribution in [2.24, 2.45) is 5.73 Å². The summed E-state index contributed by atoms with van der Waals surface area (Å²) in [5.74, 6) is -0.804. The van der Waals surface area contributed by atoms with Crippen molar-refractivity contribution in [3.8, 4) is 0 Å². The van der Waals surface area contributed by atoms with Gasteiger partial charge in [0.05, 0.1) is 0 Å². The molecule has 0 aromatic rings. The van der Waals surface area contributed by atoms with E-state index in [1.165, 1.54) is 0 Å². The minimum absolute atomic E-state index is 0.0120. The van der Waals surface area contributed by atoms with Crippen LogP contribution in [0.3, 0.4) is 0 Å². The summed E-state index contributed by atoms with van der Waals surface area (Å²) in [5, 5.41) is 11.3. The summed E-state index contributed by atoms with van der Waals surface area (Å²) in [6.45, 7) is 9.08. The lowest BCUT2D eigenvalue weighted by atomic mass is 10.2. The zero-order valence-corrected chi connectivity index (χ0v) is 8.83. The van der Waals surface area contributed by atoms with Crippen LogP contribution in [0.2, 0.25) is 0 Å². The number of nitrogens with one attached hydrogen (secondary N) is 1. The Kier molecular flexibility index (Phi) is 4.43. The van der Waals surface area contributed by atoms with E-state index >= 15 is 0 Å². The standard InChI is InChI=1S/C9H18N2O3/c1-6(14-9(2,3)4)11-7(5-10)8(12)13/h7,11H,1,5,10H2,2-4H3,(H,12,13)/t7-/m0/s1. The van der Waals surface area contributed by atoms with Gasteiger partial charge in [-0.15, -0.1) is 0 Å². The molecule has 0 spiro atoms. The van der Waals surface area contributed by atoms with Crippen LogP contribution in [-0.2, 0) is 9.53 Å². The number of nitrogens with two attached hydrogens (primary N) is 1. The zero-order valence-electron chi connectivity index (χ0n) is 8.83. The average Bonchev–Trinajstić information content (AvgIpc) is 1.96. The summed E-state index contributed by atoms with van der Waals surface area (Å²) in [5.41, 5.74) is 4.84. The van der Waals surface area contributed by atoms with Crippen LogP contribution < -0.4 is 11.1 Å². The summed E-state index contributed by atoms with van der Waals surface area (Å²) in [7, 11) is 0. The van der Waals surface area contributed by atoms with Crippen LogP contribution in [0, 0.1) is 0 Å². The molecule has 0 aliphatic heterocycles. The SMILES string of the molecule is C=C(N[C@@H](CN)C(=O)O)OC(C)(C)C. The van der Waals surface area contributed by atoms with Gasteiger partial charge < -0.3 is 20.9 Å². The topological polar surface area (TPSA) is 84.6 Å². The second-order valence-electron chi connectivity index (χ2n) is 3.91. The lowest BCUT2D eigenvalue weighted by molar-refractivity contribution is -0.139. The first-order valence-electron chi connectivity index (χ1n) is 4.33. The van der Waals surface area contributed by atoms with E-state index in [9.17, 15) is 4.79 Å². The molecule has 0 bridgehead atoms. The molecule has 0 saturated carbocycles. The maximum absolute atomic E-state index is 10.6. The summed E-state index contributed by atoms with van der Waals surface area (Å²) in [4.78, 5) is 10.6. The number of hydrogen-bond acceptors (Lipinski definition) is 4. The zero-order chi connectivity index (χ0) is 11.4. The number of carboxylic acid groups (broad SMARTS) is 1. The van der Waals surface area contributed by atoms with Gasteiger partial charge in [0.2, 0.25) is 0 Å².